The highest BCUT2D eigenvalue weighted by atomic mass is 32.2. The van der Waals surface area contributed by atoms with E-state index >= 15 is 0 Å². The zero-order valence-electron chi connectivity index (χ0n) is 19.6. The van der Waals surface area contributed by atoms with Gasteiger partial charge in [0.1, 0.15) is 0 Å². The van der Waals surface area contributed by atoms with E-state index in [0.717, 1.165) is 38.8 Å². The number of hydrogen-bond acceptors (Lipinski definition) is 6. The summed E-state index contributed by atoms with van der Waals surface area (Å²) in [4.78, 5) is 2.50. The number of benzene rings is 1. The van der Waals surface area contributed by atoms with Gasteiger partial charge in [-0.3, -0.25) is 9.45 Å². The molecule has 1 aromatic rings. The summed E-state index contributed by atoms with van der Waals surface area (Å²) >= 11 is 0. The van der Waals surface area contributed by atoms with Gasteiger partial charge in [0.15, 0.2) is 11.5 Å². The highest BCUT2D eigenvalue weighted by Crippen LogP contribution is 2.48. The Morgan fingerprint density at radius 2 is 1.94 bits per heavy atom. The fourth-order valence-electron chi connectivity index (χ4n) is 5.48. The fraction of sp³-hybridized carbons (Fsp3) is 0.750. The average molecular weight is 468 g/mol. The third-order valence-electron chi connectivity index (χ3n) is 7.23. The zero-order valence-corrected chi connectivity index (χ0v) is 20.5. The molecule has 2 fully saturated rings. The van der Waals surface area contributed by atoms with Crippen LogP contribution in [0.15, 0.2) is 12.1 Å². The molecule has 7 nitrogen and oxygen atoms in total. The maximum absolute atomic E-state index is 11.3. The standard InChI is InChI=1S/C24H37NO6S/c1-23(2,3)12-17-13-25-8-5-16-9-22(31-14-24(6-7-24)15-32(27,28)29)21(30-4)10-18(16)19(25)11-20(17)26/h9-10,17,19-20,26H,5-8,11-15H2,1-4H3,(H,27,28,29)/t17-,19-,20-/m1/s1. The van der Waals surface area contributed by atoms with Crippen molar-refractivity contribution in [2.45, 2.75) is 65.0 Å². The van der Waals surface area contributed by atoms with Crippen molar-refractivity contribution in [2.24, 2.45) is 16.7 Å². The molecule has 0 radical (unpaired) electrons. The summed E-state index contributed by atoms with van der Waals surface area (Å²) in [5.41, 5.74) is 2.08. The molecule has 0 amide bonds. The number of ether oxygens (including phenoxy) is 2. The van der Waals surface area contributed by atoms with Crippen molar-refractivity contribution in [1.82, 2.24) is 4.90 Å². The van der Waals surface area contributed by atoms with E-state index in [1.54, 1.807) is 7.11 Å². The largest absolute Gasteiger partial charge is 0.493 e. The van der Waals surface area contributed by atoms with Crippen LogP contribution in [0.25, 0.3) is 0 Å². The van der Waals surface area contributed by atoms with E-state index in [-0.39, 0.29) is 35.8 Å². The number of aliphatic hydroxyl groups excluding tert-OH is 1. The fourth-order valence-corrected chi connectivity index (χ4v) is 6.63. The summed E-state index contributed by atoms with van der Waals surface area (Å²) in [6.07, 6.45) is 3.76. The average Bonchev–Trinajstić information content (AvgIpc) is 3.43. The zero-order chi connectivity index (χ0) is 23.3. The molecule has 2 N–H and O–H groups in total. The second-order valence-electron chi connectivity index (χ2n) is 11.3. The maximum Gasteiger partial charge on any atom is 0.265 e. The van der Waals surface area contributed by atoms with Gasteiger partial charge in [-0.05, 0) is 66.7 Å². The summed E-state index contributed by atoms with van der Waals surface area (Å²) in [6.45, 7) is 8.78. The van der Waals surface area contributed by atoms with Crippen LogP contribution in [0.2, 0.25) is 0 Å². The van der Waals surface area contributed by atoms with Crippen LogP contribution < -0.4 is 9.47 Å². The van der Waals surface area contributed by atoms with E-state index in [0.29, 0.717) is 17.9 Å². The van der Waals surface area contributed by atoms with Gasteiger partial charge >= 0.3 is 0 Å². The van der Waals surface area contributed by atoms with E-state index in [1.807, 2.05) is 12.1 Å². The highest BCUT2D eigenvalue weighted by Gasteiger charge is 2.47. The molecule has 0 spiro atoms. The Kier molecular flexibility index (Phi) is 6.29. The van der Waals surface area contributed by atoms with Gasteiger partial charge in [-0.15, -0.1) is 0 Å². The third kappa shape index (κ3) is 5.41. The number of hydrogen-bond donors (Lipinski definition) is 2. The van der Waals surface area contributed by atoms with Gasteiger partial charge in [0.2, 0.25) is 0 Å². The number of nitrogens with zero attached hydrogens (tertiary/aromatic N) is 1. The topological polar surface area (TPSA) is 96.3 Å². The monoisotopic (exact) mass is 467 g/mol. The molecular weight excluding hydrogens is 430 g/mol. The Morgan fingerprint density at radius 1 is 1.22 bits per heavy atom. The molecule has 3 atom stereocenters. The van der Waals surface area contributed by atoms with Gasteiger partial charge in [-0.2, -0.15) is 8.42 Å². The van der Waals surface area contributed by atoms with Crippen LogP contribution >= 0.6 is 0 Å². The van der Waals surface area contributed by atoms with E-state index in [2.05, 4.69) is 25.7 Å². The molecule has 2 aliphatic heterocycles. The molecule has 2 heterocycles. The number of aliphatic hydroxyl groups is 1. The first-order valence-electron chi connectivity index (χ1n) is 11.6. The lowest BCUT2D eigenvalue weighted by molar-refractivity contribution is -0.0259. The van der Waals surface area contributed by atoms with Crippen LogP contribution in [-0.2, 0) is 16.5 Å². The van der Waals surface area contributed by atoms with Gasteiger partial charge in [0.25, 0.3) is 10.1 Å². The van der Waals surface area contributed by atoms with Gasteiger partial charge in [-0.1, -0.05) is 20.8 Å². The lowest BCUT2D eigenvalue weighted by Crippen LogP contribution is -2.48. The number of methoxy groups -OCH3 is 1. The predicted octanol–water partition coefficient (Wildman–Crippen LogP) is 3.46. The Labute approximate surface area is 191 Å². The summed E-state index contributed by atoms with van der Waals surface area (Å²) in [7, 11) is -2.42. The van der Waals surface area contributed by atoms with Gasteiger partial charge in [0, 0.05) is 24.5 Å². The SMILES string of the molecule is COc1cc2c(cc1OCC1(CS(=O)(=O)O)CC1)CCN1C[C@@H](CC(C)(C)C)[C@H](O)C[C@H]21. The van der Waals surface area contributed by atoms with Crippen molar-refractivity contribution in [3.63, 3.8) is 0 Å². The lowest BCUT2D eigenvalue weighted by atomic mass is 9.75. The molecule has 0 aromatic heterocycles. The van der Waals surface area contributed by atoms with Crippen LogP contribution in [0.4, 0.5) is 0 Å². The first kappa shape index (κ1) is 23.8. The quantitative estimate of drug-likeness (QED) is 0.593. The molecular formula is C24H37NO6S. The molecule has 3 aliphatic rings. The Bertz CT molecular complexity index is 950. The molecule has 32 heavy (non-hydrogen) atoms. The first-order chi connectivity index (χ1) is 14.9. The molecule has 8 heteroatoms. The molecule has 1 aromatic carbocycles. The second-order valence-corrected chi connectivity index (χ2v) is 12.8. The van der Waals surface area contributed by atoms with Crippen molar-refractivity contribution in [1.29, 1.82) is 0 Å². The number of rotatable bonds is 7. The smallest absolute Gasteiger partial charge is 0.265 e. The highest BCUT2D eigenvalue weighted by molar-refractivity contribution is 7.85. The van der Waals surface area contributed by atoms with Crippen molar-refractivity contribution in [2.75, 3.05) is 32.6 Å². The van der Waals surface area contributed by atoms with Crippen LogP contribution in [-0.4, -0.2) is 61.6 Å². The summed E-state index contributed by atoms with van der Waals surface area (Å²) in [5.74, 6) is 1.26. The molecule has 4 rings (SSSR count). The molecule has 0 unspecified atom stereocenters. The van der Waals surface area contributed by atoms with Crippen molar-refractivity contribution < 1.29 is 27.6 Å². The normalized spacial score (nSPS) is 27.4. The molecule has 1 saturated heterocycles. The Hall–Kier alpha value is -1.35. The van der Waals surface area contributed by atoms with Crippen LogP contribution in [0, 0.1) is 16.7 Å². The molecule has 180 valence electrons. The van der Waals surface area contributed by atoms with E-state index in [1.165, 1.54) is 11.1 Å². The van der Waals surface area contributed by atoms with E-state index in [9.17, 15) is 18.1 Å². The minimum Gasteiger partial charge on any atom is -0.493 e. The van der Waals surface area contributed by atoms with Gasteiger partial charge in [0.05, 0.1) is 25.6 Å². The number of piperidine rings is 1. The van der Waals surface area contributed by atoms with Crippen LogP contribution in [0.1, 0.15) is 63.6 Å². The van der Waals surface area contributed by atoms with Crippen molar-refractivity contribution >= 4 is 10.1 Å². The molecule has 0 bridgehead atoms. The van der Waals surface area contributed by atoms with Gasteiger partial charge < -0.3 is 14.6 Å². The van der Waals surface area contributed by atoms with Crippen molar-refractivity contribution in [3.05, 3.63) is 23.3 Å². The first-order valence-corrected chi connectivity index (χ1v) is 13.2. The maximum atomic E-state index is 11.3. The summed E-state index contributed by atoms with van der Waals surface area (Å²) in [5, 5.41) is 10.9. The predicted molar refractivity (Wildman–Crippen MR) is 123 cm³/mol. The van der Waals surface area contributed by atoms with E-state index < -0.39 is 15.5 Å². The summed E-state index contributed by atoms with van der Waals surface area (Å²) in [6, 6.07) is 4.21. The Balaban J connectivity index is 1.51. The van der Waals surface area contributed by atoms with Crippen molar-refractivity contribution in [3.8, 4) is 11.5 Å². The second kappa shape index (κ2) is 8.46. The third-order valence-corrected chi connectivity index (χ3v) is 8.20. The minimum absolute atomic E-state index is 0.169. The number of fused-ring (bicyclic) bond motifs is 3. The van der Waals surface area contributed by atoms with Gasteiger partial charge in [-0.25, -0.2) is 0 Å². The van der Waals surface area contributed by atoms with Crippen LogP contribution in [0.3, 0.4) is 0 Å². The lowest BCUT2D eigenvalue weighted by Gasteiger charge is -2.47. The Morgan fingerprint density at radius 3 is 2.53 bits per heavy atom. The van der Waals surface area contributed by atoms with Crippen LogP contribution in [0.5, 0.6) is 11.5 Å². The molecule has 1 saturated carbocycles. The van der Waals surface area contributed by atoms with E-state index in [4.69, 9.17) is 9.47 Å². The molecule has 1 aliphatic carbocycles. The summed E-state index contributed by atoms with van der Waals surface area (Å²) < 4.78 is 43.5. The minimum atomic E-state index is -4.03.